The minimum Gasteiger partial charge on any atom is -0.469 e. The fourth-order valence-corrected chi connectivity index (χ4v) is 3.39. The molecule has 0 N–H and O–H groups in total. The number of likely N-dealkylation sites (tertiary alicyclic amines) is 1. The molecule has 3 rings (SSSR count). The molecule has 0 spiro atoms. The number of alkyl halides is 3. The standard InChI is InChI=1S/C18H18F3N3O4/c1-28-17(27)11-6-12(18(19,20)21)9-23(8-11)16(26)10-24-14-5-3-2-4-13(14)22-7-15(24)25/h2-5,7,11-12H,6,8-10H2,1H3/t11-,12+/m1/s1. The summed E-state index contributed by atoms with van der Waals surface area (Å²) in [5.74, 6) is -4.37. The number of piperidine rings is 1. The van der Waals surface area contributed by atoms with Crippen molar-refractivity contribution in [3.63, 3.8) is 0 Å². The fraction of sp³-hybridized carbons (Fsp3) is 0.444. The second kappa shape index (κ2) is 7.61. The van der Waals surface area contributed by atoms with Crippen molar-refractivity contribution in [2.24, 2.45) is 11.8 Å². The van der Waals surface area contributed by atoms with Gasteiger partial charge in [0.05, 0.1) is 36.2 Å². The number of rotatable bonds is 3. The maximum atomic E-state index is 13.3. The van der Waals surface area contributed by atoms with Crippen LogP contribution in [0.1, 0.15) is 6.42 Å². The molecule has 1 saturated heterocycles. The number of amides is 1. The van der Waals surface area contributed by atoms with Crippen LogP contribution >= 0.6 is 0 Å². The minimum atomic E-state index is -4.55. The maximum absolute atomic E-state index is 13.3. The van der Waals surface area contributed by atoms with E-state index in [1.807, 2.05) is 0 Å². The van der Waals surface area contributed by atoms with Crippen LogP contribution in [0.5, 0.6) is 0 Å². The number of halogens is 3. The summed E-state index contributed by atoms with van der Waals surface area (Å²) in [4.78, 5) is 41.7. The van der Waals surface area contributed by atoms with Crippen molar-refractivity contribution in [2.45, 2.75) is 19.1 Å². The Morgan fingerprint density at radius 2 is 1.96 bits per heavy atom. The molecular weight excluding hydrogens is 379 g/mol. The van der Waals surface area contributed by atoms with E-state index in [-0.39, 0.29) is 6.54 Å². The van der Waals surface area contributed by atoms with Gasteiger partial charge in [-0.2, -0.15) is 13.2 Å². The predicted molar refractivity (Wildman–Crippen MR) is 92.3 cm³/mol. The molecule has 2 heterocycles. The minimum absolute atomic E-state index is 0.185. The number of benzene rings is 1. The Balaban J connectivity index is 1.88. The number of carbonyl (C=O) groups is 2. The monoisotopic (exact) mass is 397 g/mol. The lowest BCUT2D eigenvalue weighted by Gasteiger charge is -2.37. The van der Waals surface area contributed by atoms with Gasteiger partial charge in [-0.15, -0.1) is 0 Å². The molecule has 2 atom stereocenters. The zero-order chi connectivity index (χ0) is 20.5. The van der Waals surface area contributed by atoms with E-state index in [1.165, 1.54) is 0 Å². The first-order valence-corrected chi connectivity index (χ1v) is 8.57. The van der Waals surface area contributed by atoms with Crippen LogP contribution in [-0.4, -0.2) is 52.7 Å². The molecular formula is C18H18F3N3O4. The van der Waals surface area contributed by atoms with E-state index in [2.05, 4.69) is 9.72 Å². The van der Waals surface area contributed by atoms with Gasteiger partial charge in [0.15, 0.2) is 0 Å². The number of ether oxygens (including phenoxy) is 1. The van der Waals surface area contributed by atoms with Gasteiger partial charge in [-0.3, -0.25) is 19.0 Å². The molecule has 1 aliphatic rings. The van der Waals surface area contributed by atoms with Crippen LogP contribution in [0, 0.1) is 11.8 Å². The van der Waals surface area contributed by atoms with Crippen LogP contribution in [0.25, 0.3) is 11.0 Å². The Bertz CT molecular complexity index is 957. The van der Waals surface area contributed by atoms with E-state index in [9.17, 15) is 27.6 Å². The van der Waals surface area contributed by atoms with E-state index < -0.39 is 55.0 Å². The Kier molecular flexibility index (Phi) is 5.39. The first kappa shape index (κ1) is 19.8. The van der Waals surface area contributed by atoms with Crippen LogP contribution < -0.4 is 5.56 Å². The van der Waals surface area contributed by atoms with Crippen LogP contribution in [0.15, 0.2) is 35.3 Å². The molecule has 1 amide bonds. The molecule has 0 bridgehead atoms. The van der Waals surface area contributed by atoms with Crippen molar-refractivity contribution in [1.29, 1.82) is 0 Å². The molecule has 0 aliphatic carbocycles. The summed E-state index contributed by atoms with van der Waals surface area (Å²) in [5, 5.41) is 0. The number of hydrogen-bond acceptors (Lipinski definition) is 5. The second-order valence-electron chi connectivity index (χ2n) is 6.66. The predicted octanol–water partition coefficient (Wildman–Crippen LogP) is 1.60. The van der Waals surface area contributed by atoms with Gasteiger partial charge in [-0.1, -0.05) is 12.1 Å². The third-order valence-electron chi connectivity index (χ3n) is 4.85. The summed E-state index contributed by atoms with van der Waals surface area (Å²) in [6.45, 7) is -1.19. The number of methoxy groups -OCH3 is 1. The van der Waals surface area contributed by atoms with Gasteiger partial charge >= 0.3 is 12.1 Å². The zero-order valence-corrected chi connectivity index (χ0v) is 15.0. The second-order valence-corrected chi connectivity index (χ2v) is 6.66. The van der Waals surface area contributed by atoms with Crippen molar-refractivity contribution in [3.8, 4) is 0 Å². The van der Waals surface area contributed by atoms with Crippen LogP contribution in [0.4, 0.5) is 13.2 Å². The van der Waals surface area contributed by atoms with Gasteiger partial charge in [-0.05, 0) is 18.6 Å². The third-order valence-corrected chi connectivity index (χ3v) is 4.85. The summed E-state index contributed by atoms with van der Waals surface area (Å²) >= 11 is 0. The average Bonchev–Trinajstić information content (AvgIpc) is 2.68. The van der Waals surface area contributed by atoms with Gasteiger partial charge in [-0.25, -0.2) is 4.98 Å². The summed E-state index contributed by atoms with van der Waals surface area (Å²) in [7, 11) is 1.09. The Labute approximate surface area is 157 Å². The molecule has 10 heteroatoms. The molecule has 1 aliphatic heterocycles. The van der Waals surface area contributed by atoms with Crippen molar-refractivity contribution in [1.82, 2.24) is 14.5 Å². The topological polar surface area (TPSA) is 81.5 Å². The summed E-state index contributed by atoms with van der Waals surface area (Å²) < 4.78 is 45.5. The maximum Gasteiger partial charge on any atom is 0.393 e. The lowest BCUT2D eigenvalue weighted by Crippen LogP contribution is -2.51. The number of fused-ring (bicyclic) bond motifs is 1. The van der Waals surface area contributed by atoms with E-state index in [0.717, 1.165) is 22.8 Å². The van der Waals surface area contributed by atoms with Gasteiger partial charge in [0, 0.05) is 13.1 Å². The number of para-hydroxylation sites is 2. The molecule has 0 unspecified atom stereocenters. The highest BCUT2D eigenvalue weighted by molar-refractivity contribution is 5.81. The Morgan fingerprint density at radius 1 is 1.25 bits per heavy atom. The first-order valence-electron chi connectivity index (χ1n) is 8.57. The average molecular weight is 397 g/mol. The van der Waals surface area contributed by atoms with E-state index in [1.54, 1.807) is 24.3 Å². The van der Waals surface area contributed by atoms with Crippen molar-refractivity contribution in [3.05, 3.63) is 40.8 Å². The Morgan fingerprint density at radius 3 is 2.64 bits per heavy atom. The Hall–Kier alpha value is -2.91. The summed E-state index contributed by atoms with van der Waals surface area (Å²) in [5.41, 5.74) is 0.340. The molecule has 28 heavy (non-hydrogen) atoms. The number of esters is 1. The van der Waals surface area contributed by atoms with E-state index in [0.29, 0.717) is 11.0 Å². The highest BCUT2D eigenvalue weighted by Crippen LogP contribution is 2.35. The third kappa shape index (κ3) is 4.00. The van der Waals surface area contributed by atoms with Gasteiger partial charge in [0.1, 0.15) is 6.54 Å². The fourth-order valence-electron chi connectivity index (χ4n) is 3.39. The van der Waals surface area contributed by atoms with Crippen molar-refractivity contribution >= 4 is 22.9 Å². The molecule has 1 fully saturated rings. The van der Waals surface area contributed by atoms with Gasteiger partial charge in [0.25, 0.3) is 5.56 Å². The van der Waals surface area contributed by atoms with Gasteiger partial charge in [0.2, 0.25) is 5.91 Å². The van der Waals surface area contributed by atoms with E-state index >= 15 is 0 Å². The smallest absolute Gasteiger partial charge is 0.393 e. The summed E-state index contributed by atoms with van der Waals surface area (Å²) in [6, 6.07) is 6.64. The highest BCUT2D eigenvalue weighted by Gasteiger charge is 2.47. The SMILES string of the molecule is COC(=O)[C@@H]1C[C@H](C(F)(F)F)CN(C(=O)Cn2c(=O)cnc3ccccc32)C1. The number of aromatic nitrogens is 2. The van der Waals surface area contributed by atoms with Crippen LogP contribution in [0.2, 0.25) is 0 Å². The molecule has 2 aromatic rings. The molecule has 7 nitrogen and oxygen atoms in total. The van der Waals surface area contributed by atoms with Crippen molar-refractivity contribution in [2.75, 3.05) is 20.2 Å². The lowest BCUT2D eigenvalue weighted by molar-refractivity contribution is -0.195. The van der Waals surface area contributed by atoms with E-state index in [4.69, 9.17) is 0 Å². The molecule has 1 aromatic heterocycles. The lowest BCUT2D eigenvalue weighted by atomic mass is 9.88. The molecule has 0 radical (unpaired) electrons. The number of carbonyl (C=O) groups excluding carboxylic acids is 2. The molecule has 0 saturated carbocycles. The highest BCUT2D eigenvalue weighted by atomic mass is 19.4. The molecule has 1 aromatic carbocycles. The van der Waals surface area contributed by atoms with Crippen molar-refractivity contribution < 1.29 is 27.5 Å². The van der Waals surface area contributed by atoms with Gasteiger partial charge < -0.3 is 9.64 Å². The zero-order valence-electron chi connectivity index (χ0n) is 15.0. The quantitative estimate of drug-likeness (QED) is 0.735. The molecule has 150 valence electrons. The van der Waals surface area contributed by atoms with Crippen LogP contribution in [0.3, 0.4) is 0 Å². The summed E-state index contributed by atoms with van der Waals surface area (Å²) in [6.07, 6.45) is -3.93. The largest absolute Gasteiger partial charge is 0.469 e. The normalized spacial score (nSPS) is 20.2. The van der Waals surface area contributed by atoms with Crippen LogP contribution in [-0.2, 0) is 20.9 Å². The number of hydrogen-bond donors (Lipinski definition) is 0. The number of nitrogens with zero attached hydrogens (tertiary/aromatic N) is 3. The first-order chi connectivity index (χ1) is 13.2.